The molecule has 2 aliphatic rings. The van der Waals surface area contributed by atoms with E-state index in [1.54, 1.807) is 7.11 Å². The molecule has 3 unspecified atom stereocenters. The number of nitrogens with zero attached hydrogens (tertiary/aromatic N) is 2. The van der Waals surface area contributed by atoms with Crippen LogP contribution in [0.2, 0.25) is 0 Å². The fraction of sp³-hybridized carbons (Fsp3) is 0.933. The van der Waals surface area contributed by atoms with E-state index in [-0.39, 0.29) is 5.54 Å². The van der Waals surface area contributed by atoms with Crippen LogP contribution in [-0.2, 0) is 4.74 Å². The van der Waals surface area contributed by atoms with Gasteiger partial charge in [0.15, 0.2) is 0 Å². The van der Waals surface area contributed by atoms with Gasteiger partial charge in [-0.15, -0.1) is 0 Å². The zero-order valence-corrected chi connectivity index (χ0v) is 12.5. The molecule has 0 radical (unpaired) electrons. The van der Waals surface area contributed by atoms with Gasteiger partial charge in [-0.25, -0.2) is 0 Å². The number of nitrogens with one attached hydrogen (secondary N) is 1. The summed E-state index contributed by atoms with van der Waals surface area (Å²) in [6.07, 6.45) is 5.82. The van der Waals surface area contributed by atoms with Crippen LogP contribution in [0.1, 0.15) is 46.0 Å². The Labute approximate surface area is 117 Å². The fourth-order valence-corrected chi connectivity index (χ4v) is 3.65. The highest BCUT2D eigenvalue weighted by atomic mass is 16.5. The average molecular weight is 265 g/mol. The Balaban J connectivity index is 1.98. The van der Waals surface area contributed by atoms with Crippen LogP contribution in [0, 0.1) is 11.3 Å². The lowest BCUT2D eigenvalue weighted by atomic mass is 9.79. The number of rotatable bonds is 4. The van der Waals surface area contributed by atoms with Crippen molar-refractivity contribution in [1.29, 1.82) is 5.26 Å². The highest BCUT2D eigenvalue weighted by Crippen LogP contribution is 2.33. The van der Waals surface area contributed by atoms with Gasteiger partial charge in [0.25, 0.3) is 0 Å². The van der Waals surface area contributed by atoms with E-state index in [0.717, 1.165) is 38.8 Å². The third-order valence-electron chi connectivity index (χ3n) is 4.53. The molecule has 108 valence electrons. The van der Waals surface area contributed by atoms with Crippen molar-refractivity contribution in [1.82, 2.24) is 10.2 Å². The first kappa shape index (κ1) is 14.8. The van der Waals surface area contributed by atoms with Crippen molar-refractivity contribution < 1.29 is 4.74 Å². The topological polar surface area (TPSA) is 48.3 Å². The van der Waals surface area contributed by atoms with Gasteiger partial charge in [0.2, 0.25) is 0 Å². The van der Waals surface area contributed by atoms with Crippen molar-refractivity contribution in [2.75, 3.05) is 20.2 Å². The summed E-state index contributed by atoms with van der Waals surface area (Å²) in [4.78, 5) is 2.53. The highest BCUT2D eigenvalue weighted by molar-refractivity contribution is 5.12. The Morgan fingerprint density at radius 3 is 2.79 bits per heavy atom. The minimum atomic E-state index is -0.317. The molecular formula is C15H27N3O. The van der Waals surface area contributed by atoms with E-state index in [9.17, 15) is 5.26 Å². The van der Waals surface area contributed by atoms with E-state index in [1.807, 2.05) is 0 Å². The summed E-state index contributed by atoms with van der Waals surface area (Å²) in [6, 6.07) is 3.46. The molecule has 2 fully saturated rings. The quantitative estimate of drug-likeness (QED) is 0.843. The van der Waals surface area contributed by atoms with Gasteiger partial charge in [0, 0.05) is 32.3 Å². The first-order valence-electron chi connectivity index (χ1n) is 7.54. The molecule has 0 amide bonds. The lowest BCUT2D eigenvalue weighted by Gasteiger charge is -2.41. The molecule has 2 rings (SSSR count). The van der Waals surface area contributed by atoms with E-state index >= 15 is 0 Å². The summed E-state index contributed by atoms with van der Waals surface area (Å²) in [6.45, 7) is 6.40. The van der Waals surface area contributed by atoms with Crippen molar-refractivity contribution >= 4 is 0 Å². The monoisotopic (exact) mass is 265 g/mol. The molecule has 4 heteroatoms. The zero-order chi connectivity index (χ0) is 13.9. The second-order valence-electron chi connectivity index (χ2n) is 6.38. The molecule has 3 atom stereocenters. The van der Waals surface area contributed by atoms with Gasteiger partial charge in [0.05, 0.1) is 12.2 Å². The number of hydrogen-bond acceptors (Lipinski definition) is 4. The lowest BCUT2D eigenvalue weighted by molar-refractivity contribution is 0.0862. The smallest absolute Gasteiger partial charge is 0.108 e. The first-order valence-corrected chi connectivity index (χ1v) is 7.54. The van der Waals surface area contributed by atoms with Gasteiger partial charge in [0.1, 0.15) is 5.54 Å². The Hall–Kier alpha value is -0.630. The van der Waals surface area contributed by atoms with E-state index in [4.69, 9.17) is 4.74 Å². The maximum absolute atomic E-state index is 9.59. The Morgan fingerprint density at radius 2 is 2.21 bits per heavy atom. The third-order valence-corrected chi connectivity index (χ3v) is 4.53. The second kappa shape index (κ2) is 6.21. The maximum Gasteiger partial charge on any atom is 0.108 e. The van der Waals surface area contributed by atoms with E-state index in [1.165, 1.54) is 6.42 Å². The van der Waals surface area contributed by atoms with Crippen LogP contribution < -0.4 is 5.32 Å². The zero-order valence-electron chi connectivity index (χ0n) is 12.5. The summed E-state index contributed by atoms with van der Waals surface area (Å²) in [5.41, 5.74) is -0.317. The summed E-state index contributed by atoms with van der Waals surface area (Å²) in [7, 11) is 1.80. The van der Waals surface area contributed by atoms with Crippen LogP contribution in [0.5, 0.6) is 0 Å². The van der Waals surface area contributed by atoms with E-state index in [0.29, 0.717) is 18.2 Å². The molecule has 0 aromatic heterocycles. The molecule has 0 aromatic carbocycles. The number of methoxy groups -OCH3 is 1. The molecule has 0 aromatic rings. The van der Waals surface area contributed by atoms with Gasteiger partial charge in [-0.1, -0.05) is 0 Å². The first-order chi connectivity index (χ1) is 9.08. The average Bonchev–Trinajstić information content (AvgIpc) is 2.87. The Bertz CT molecular complexity index is 339. The minimum Gasteiger partial charge on any atom is -0.380 e. The molecular weight excluding hydrogens is 238 g/mol. The third kappa shape index (κ3) is 3.47. The van der Waals surface area contributed by atoms with Crippen LogP contribution in [0.15, 0.2) is 0 Å². The van der Waals surface area contributed by atoms with Gasteiger partial charge >= 0.3 is 0 Å². The lowest BCUT2D eigenvalue weighted by Crippen LogP contribution is -2.54. The maximum atomic E-state index is 9.59. The van der Waals surface area contributed by atoms with Crippen LogP contribution in [0.3, 0.4) is 0 Å². The van der Waals surface area contributed by atoms with Gasteiger partial charge in [-0.05, 0) is 46.0 Å². The highest BCUT2D eigenvalue weighted by Gasteiger charge is 2.40. The molecule has 1 N–H and O–H groups in total. The van der Waals surface area contributed by atoms with Crippen molar-refractivity contribution in [2.45, 2.75) is 69.7 Å². The Kier molecular flexibility index (Phi) is 4.83. The summed E-state index contributed by atoms with van der Waals surface area (Å²) >= 11 is 0. The number of nitriles is 1. The van der Waals surface area contributed by atoms with Crippen LogP contribution in [-0.4, -0.2) is 48.8 Å². The normalized spacial score (nSPS) is 36.6. The molecule has 1 saturated heterocycles. The fourth-order valence-electron chi connectivity index (χ4n) is 3.65. The number of likely N-dealkylation sites (tertiary alicyclic amines) is 1. The van der Waals surface area contributed by atoms with Gasteiger partial charge in [-0.2, -0.15) is 5.26 Å². The molecule has 1 saturated carbocycles. The molecule has 0 spiro atoms. The van der Waals surface area contributed by atoms with Crippen LogP contribution >= 0.6 is 0 Å². The summed E-state index contributed by atoms with van der Waals surface area (Å²) in [5.74, 6) is 0. The van der Waals surface area contributed by atoms with Gasteiger partial charge in [-0.3, -0.25) is 10.2 Å². The molecule has 19 heavy (non-hydrogen) atoms. The summed E-state index contributed by atoms with van der Waals surface area (Å²) < 4.78 is 5.45. The van der Waals surface area contributed by atoms with Gasteiger partial charge < -0.3 is 4.74 Å². The standard InChI is InChI=1S/C15H27N3O/c1-12(2)17-15(11-16)7-4-5-13(9-15)18-8-6-14(10-18)19-3/h12-14,17H,4-10H2,1-3H3. The number of ether oxygens (including phenoxy) is 1. The van der Waals surface area contributed by atoms with E-state index < -0.39 is 0 Å². The molecule has 1 heterocycles. The van der Waals surface area contributed by atoms with Crippen molar-refractivity contribution in [2.24, 2.45) is 0 Å². The Morgan fingerprint density at radius 1 is 1.42 bits per heavy atom. The molecule has 0 bridgehead atoms. The summed E-state index contributed by atoms with van der Waals surface area (Å²) in [5, 5.41) is 13.1. The SMILES string of the molecule is COC1CCN(C2CCCC(C#N)(NC(C)C)C2)C1. The molecule has 4 nitrogen and oxygen atoms in total. The predicted molar refractivity (Wildman–Crippen MR) is 75.9 cm³/mol. The molecule has 1 aliphatic heterocycles. The second-order valence-corrected chi connectivity index (χ2v) is 6.38. The number of hydrogen-bond donors (Lipinski definition) is 1. The molecule has 1 aliphatic carbocycles. The van der Waals surface area contributed by atoms with Crippen molar-refractivity contribution in [3.8, 4) is 6.07 Å². The minimum absolute atomic E-state index is 0.317. The van der Waals surface area contributed by atoms with Crippen LogP contribution in [0.25, 0.3) is 0 Å². The van der Waals surface area contributed by atoms with Crippen molar-refractivity contribution in [3.63, 3.8) is 0 Å². The van der Waals surface area contributed by atoms with E-state index in [2.05, 4.69) is 30.1 Å². The van der Waals surface area contributed by atoms with Crippen molar-refractivity contribution in [3.05, 3.63) is 0 Å². The largest absolute Gasteiger partial charge is 0.380 e. The predicted octanol–water partition coefficient (Wildman–Crippen LogP) is 1.91. The van der Waals surface area contributed by atoms with Crippen LogP contribution in [0.4, 0.5) is 0 Å².